The predicted octanol–water partition coefficient (Wildman–Crippen LogP) is -1.35. The molecule has 0 saturated heterocycles. The highest BCUT2D eigenvalue weighted by molar-refractivity contribution is 6.19. The van der Waals surface area contributed by atoms with Gasteiger partial charge >= 0.3 is 0 Å². The molecule has 0 unspecified atom stereocenters. The van der Waals surface area contributed by atoms with E-state index in [0.29, 0.717) is 13.1 Å². The summed E-state index contributed by atoms with van der Waals surface area (Å²) in [5.41, 5.74) is 5.08. The standard InChI is InChI=1S/C4H9BN2O/c5-3-4(8)7-2-1-6/h1-3,6H2,(H,7,8). The van der Waals surface area contributed by atoms with Gasteiger partial charge in [-0.25, -0.2) is 0 Å². The highest BCUT2D eigenvalue weighted by Crippen LogP contribution is 1.67. The Morgan fingerprint density at radius 1 is 1.75 bits per heavy atom. The Morgan fingerprint density at radius 2 is 2.38 bits per heavy atom. The molecule has 0 atom stereocenters. The molecule has 0 aromatic carbocycles. The van der Waals surface area contributed by atoms with E-state index in [1.165, 1.54) is 0 Å². The number of rotatable bonds is 3. The van der Waals surface area contributed by atoms with Crippen LogP contribution in [0.2, 0.25) is 6.32 Å². The molecule has 3 N–H and O–H groups in total. The Hall–Kier alpha value is -0.505. The van der Waals surface area contributed by atoms with Crippen LogP contribution in [0.3, 0.4) is 0 Å². The van der Waals surface area contributed by atoms with E-state index >= 15 is 0 Å². The summed E-state index contributed by atoms with van der Waals surface area (Å²) in [5.74, 6) is -0.157. The summed E-state index contributed by atoms with van der Waals surface area (Å²) in [6.07, 6.45) is 0.0417. The predicted molar refractivity (Wildman–Crippen MR) is 32.6 cm³/mol. The number of nitrogens with one attached hydrogen (secondary N) is 1. The molecule has 0 rings (SSSR count). The van der Waals surface area contributed by atoms with Gasteiger partial charge in [-0.2, -0.15) is 0 Å². The van der Waals surface area contributed by atoms with E-state index < -0.39 is 0 Å². The third-order valence-electron chi connectivity index (χ3n) is 0.652. The molecule has 0 fully saturated rings. The molecule has 0 saturated carbocycles. The van der Waals surface area contributed by atoms with E-state index in [9.17, 15) is 4.79 Å². The van der Waals surface area contributed by atoms with Crippen LogP contribution in [0.5, 0.6) is 0 Å². The van der Waals surface area contributed by atoms with Crippen molar-refractivity contribution in [2.75, 3.05) is 13.1 Å². The van der Waals surface area contributed by atoms with Gasteiger partial charge < -0.3 is 11.1 Å². The van der Waals surface area contributed by atoms with Crippen molar-refractivity contribution in [1.82, 2.24) is 5.32 Å². The monoisotopic (exact) mass is 112 g/mol. The van der Waals surface area contributed by atoms with Crippen molar-refractivity contribution in [1.29, 1.82) is 0 Å². The molecule has 1 amide bonds. The van der Waals surface area contributed by atoms with E-state index in [2.05, 4.69) is 5.32 Å². The molecule has 0 aromatic heterocycles. The normalized spacial score (nSPS) is 8.62. The summed E-state index contributed by atoms with van der Waals surface area (Å²) < 4.78 is 0. The summed E-state index contributed by atoms with van der Waals surface area (Å²) in [7, 11) is 4.96. The van der Waals surface area contributed by atoms with Crippen molar-refractivity contribution in [2.24, 2.45) is 5.73 Å². The fourth-order valence-electron chi connectivity index (χ4n) is 0.284. The number of hydrogen-bond donors (Lipinski definition) is 2. The lowest BCUT2D eigenvalue weighted by Gasteiger charge is -1.97. The lowest BCUT2D eigenvalue weighted by molar-refractivity contribution is -0.118. The number of carbonyl (C=O) groups excluding carboxylic acids is 1. The van der Waals surface area contributed by atoms with Gasteiger partial charge in [-0.05, 0) is 6.32 Å². The van der Waals surface area contributed by atoms with Gasteiger partial charge in [-0.15, -0.1) is 0 Å². The van der Waals surface area contributed by atoms with Gasteiger partial charge in [0.1, 0.15) is 0 Å². The third-order valence-corrected chi connectivity index (χ3v) is 0.652. The average molecular weight is 112 g/mol. The average Bonchev–Trinajstić information content (AvgIpc) is 1.83. The van der Waals surface area contributed by atoms with Crippen molar-refractivity contribution in [3.8, 4) is 0 Å². The first-order valence-electron chi connectivity index (χ1n) is 2.48. The fraction of sp³-hybridized carbons (Fsp3) is 0.750. The van der Waals surface area contributed by atoms with Crippen LogP contribution in [-0.2, 0) is 4.79 Å². The Labute approximate surface area is 50.0 Å². The minimum atomic E-state index is -0.157. The smallest absolute Gasteiger partial charge is 0.211 e. The van der Waals surface area contributed by atoms with E-state index in [1.54, 1.807) is 0 Å². The Kier molecular flexibility index (Phi) is 4.36. The molecule has 0 spiro atoms. The molecule has 0 aliphatic carbocycles. The Morgan fingerprint density at radius 3 is 2.75 bits per heavy atom. The maximum atomic E-state index is 10.3. The molecular formula is C4H9BN2O. The van der Waals surface area contributed by atoms with E-state index in [-0.39, 0.29) is 12.2 Å². The Bertz CT molecular complexity index is 76.4. The van der Waals surface area contributed by atoms with Crippen molar-refractivity contribution in [2.45, 2.75) is 6.32 Å². The zero-order chi connectivity index (χ0) is 6.41. The molecule has 0 heterocycles. The van der Waals surface area contributed by atoms with Crippen LogP contribution in [0.15, 0.2) is 0 Å². The van der Waals surface area contributed by atoms with Crippen molar-refractivity contribution in [3.05, 3.63) is 0 Å². The number of carbonyl (C=O) groups is 1. The zero-order valence-electron chi connectivity index (χ0n) is 4.68. The lowest BCUT2D eigenvalue weighted by Crippen LogP contribution is -2.28. The quantitative estimate of drug-likeness (QED) is 0.443. The molecule has 0 aliphatic heterocycles. The largest absolute Gasteiger partial charge is 0.355 e. The summed E-state index contributed by atoms with van der Waals surface area (Å²) in [4.78, 5) is 10.3. The minimum Gasteiger partial charge on any atom is -0.355 e. The topological polar surface area (TPSA) is 55.1 Å². The summed E-state index contributed by atoms with van der Waals surface area (Å²) in [6, 6.07) is 0. The lowest BCUT2D eigenvalue weighted by atomic mass is 10.1. The highest BCUT2D eigenvalue weighted by atomic mass is 16.1. The van der Waals surface area contributed by atoms with E-state index in [1.807, 2.05) is 0 Å². The second kappa shape index (κ2) is 4.65. The first kappa shape index (κ1) is 7.49. The van der Waals surface area contributed by atoms with Gasteiger partial charge in [0.25, 0.3) is 0 Å². The maximum absolute atomic E-state index is 10.3. The van der Waals surface area contributed by atoms with Gasteiger partial charge in [-0.1, -0.05) is 0 Å². The Balaban J connectivity index is 2.99. The molecule has 3 nitrogen and oxygen atoms in total. The first-order valence-corrected chi connectivity index (χ1v) is 2.48. The SMILES string of the molecule is [B]CC(=O)NCCN. The van der Waals surface area contributed by atoms with Gasteiger partial charge in [0.2, 0.25) is 5.91 Å². The molecule has 44 valence electrons. The van der Waals surface area contributed by atoms with Gasteiger partial charge in [0.05, 0.1) is 7.85 Å². The second-order valence-electron chi connectivity index (χ2n) is 1.34. The van der Waals surface area contributed by atoms with Crippen LogP contribution in [0, 0.1) is 0 Å². The summed E-state index contributed by atoms with van der Waals surface area (Å²) in [6.45, 7) is 0.974. The van der Waals surface area contributed by atoms with Gasteiger partial charge in [-0.3, -0.25) is 4.79 Å². The second-order valence-corrected chi connectivity index (χ2v) is 1.34. The van der Waals surface area contributed by atoms with Crippen molar-refractivity contribution >= 4 is 13.8 Å². The molecule has 0 bridgehead atoms. The van der Waals surface area contributed by atoms with Gasteiger partial charge in [0.15, 0.2) is 0 Å². The maximum Gasteiger partial charge on any atom is 0.211 e. The minimum absolute atomic E-state index is 0.0417. The molecule has 2 radical (unpaired) electrons. The first-order chi connectivity index (χ1) is 3.81. The van der Waals surface area contributed by atoms with Crippen LogP contribution >= 0.6 is 0 Å². The van der Waals surface area contributed by atoms with E-state index in [0.717, 1.165) is 0 Å². The molecule has 0 aliphatic rings. The van der Waals surface area contributed by atoms with Crippen LogP contribution in [0.1, 0.15) is 0 Å². The third kappa shape index (κ3) is 3.68. The van der Waals surface area contributed by atoms with Crippen molar-refractivity contribution in [3.63, 3.8) is 0 Å². The van der Waals surface area contributed by atoms with Crippen molar-refractivity contribution < 1.29 is 4.79 Å². The van der Waals surface area contributed by atoms with Crippen LogP contribution in [0.25, 0.3) is 0 Å². The van der Waals surface area contributed by atoms with Crippen LogP contribution in [0.4, 0.5) is 0 Å². The van der Waals surface area contributed by atoms with Crippen LogP contribution < -0.4 is 11.1 Å². The van der Waals surface area contributed by atoms with Crippen LogP contribution in [-0.4, -0.2) is 26.8 Å². The molecule has 4 heteroatoms. The highest BCUT2D eigenvalue weighted by Gasteiger charge is 1.90. The number of nitrogens with two attached hydrogens (primary N) is 1. The zero-order valence-corrected chi connectivity index (χ0v) is 4.68. The van der Waals surface area contributed by atoms with Gasteiger partial charge in [0, 0.05) is 13.1 Å². The molecule has 8 heavy (non-hydrogen) atoms. The molecule has 0 aromatic rings. The van der Waals surface area contributed by atoms with E-state index in [4.69, 9.17) is 13.6 Å². The number of amides is 1. The fourth-order valence-corrected chi connectivity index (χ4v) is 0.284. The molecular weight excluding hydrogens is 103 g/mol. The summed E-state index contributed by atoms with van der Waals surface area (Å²) >= 11 is 0. The summed E-state index contributed by atoms with van der Waals surface area (Å²) in [5, 5.41) is 2.49. The number of hydrogen-bond acceptors (Lipinski definition) is 2.